The second-order valence-electron chi connectivity index (χ2n) is 7.53. The minimum absolute atomic E-state index is 0.0482. The topological polar surface area (TPSA) is 83.5 Å². The van der Waals surface area contributed by atoms with Crippen LogP contribution < -0.4 is 5.32 Å². The summed E-state index contributed by atoms with van der Waals surface area (Å²) in [7, 11) is -1.25. The summed E-state index contributed by atoms with van der Waals surface area (Å²) in [5, 5.41) is 11.5. The zero-order valence-corrected chi connectivity index (χ0v) is 18.7. The molecule has 0 aliphatic heterocycles. The molecule has 0 aromatic carbocycles. The summed E-state index contributed by atoms with van der Waals surface area (Å²) in [6, 6.07) is -1.05. The van der Waals surface area contributed by atoms with Crippen molar-refractivity contribution in [2.75, 3.05) is 12.0 Å². The third kappa shape index (κ3) is 18.2. The van der Waals surface area contributed by atoms with Crippen molar-refractivity contribution in [2.24, 2.45) is 0 Å². The van der Waals surface area contributed by atoms with E-state index in [9.17, 15) is 13.8 Å². The first-order chi connectivity index (χ1) is 13.5. The average molecular weight is 416 g/mol. The van der Waals surface area contributed by atoms with Crippen LogP contribution in [0.2, 0.25) is 0 Å². The second kappa shape index (κ2) is 19.2. The molecule has 0 saturated heterocycles. The van der Waals surface area contributed by atoms with E-state index in [1.165, 1.54) is 57.6 Å². The van der Waals surface area contributed by atoms with Crippen LogP contribution >= 0.6 is 0 Å². The first kappa shape index (κ1) is 26.8. The van der Waals surface area contributed by atoms with Gasteiger partial charge >= 0.3 is 5.97 Å². The van der Waals surface area contributed by atoms with Gasteiger partial charge in [0.25, 0.3) is 0 Å². The lowest BCUT2D eigenvalue weighted by Gasteiger charge is -2.13. The fourth-order valence-electron chi connectivity index (χ4n) is 3.03. The molecule has 0 rings (SSSR count). The van der Waals surface area contributed by atoms with Crippen molar-refractivity contribution in [3.05, 3.63) is 12.2 Å². The number of carboxylic acid groups (broad SMARTS) is 1. The van der Waals surface area contributed by atoms with E-state index < -0.39 is 22.8 Å². The highest BCUT2D eigenvalue weighted by molar-refractivity contribution is 7.84. The molecule has 0 heterocycles. The Labute approximate surface area is 174 Å². The van der Waals surface area contributed by atoms with Gasteiger partial charge in [0.15, 0.2) is 0 Å². The molecular weight excluding hydrogens is 374 g/mol. The Morgan fingerprint density at radius 1 is 0.893 bits per heavy atom. The number of rotatable bonds is 19. The number of allylic oxidation sites excluding steroid dienone is 2. The van der Waals surface area contributed by atoms with Gasteiger partial charge in [-0.15, -0.1) is 0 Å². The number of hydrogen-bond acceptors (Lipinski definition) is 3. The molecule has 0 saturated carbocycles. The Morgan fingerprint density at radius 2 is 1.39 bits per heavy atom. The molecule has 5 nitrogen and oxygen atoms in total. The number of nitrogens with one attached hydrogen (secondary N) is 1. The largest absolute Gasteiger partial charge is 0.480 e. The Morgan fingerprint density at radius 3 is 1.89 bits per heavy atom. The van der Waals surface area contributed by atoms with Crippen molar-refractivity contribution in [2.45, 2.75) is 103 Å². The fraction of sp³-hybridized carbons (Fsp3) is 0.818. The molecule has 2 atom stereocenters. The van der Waals surface area contributed by atoms with Gasteiger partial charge in [0.1, 0.15) is 6.04 Å². The lowest BCUT2D eigenvalue weighted by atomic mass is 10.1. The number of carbonyl (C=O) groups is 2. The predicted molar refractivity (Wildman–Crippen MR) is 118 cm³/mol. The predicted octanol–water partition coefficient (Wildman–Crippen LogP) is 4.97. The SMILES string of the molecule is CCCCCCCC/C=C\CCCCCCCC(=O)N[C@H](CS(C)=O)C(=O)O. The monoisotopic (exact) mass is 415 g/mol. The lowest BCUT2D eigenvalue weighted by Crippen LogP contribution is -2.44. The van der Waals surface area contributed by atoms with E-state index in [0.717, 1.165) is 32.1 Å². The van der Waals surface area contributed by atoms with Crippen LogP contribution in [0.4, 0.5) is 0 Å². The molecule has 0 radical (unpaired) electrons. The molecule has 2 N–H and O–H groups in total. The van der Waals surface area contributed by atoms with Crippen molar-refractivity contribution in [3.63, 3.8) is 0 Å². The maximum absolute atomic E-state index is 11.8. The van der Waals surface area contributed by atoms with Gasteiger partial charge in [0.05, 0.1) is 5.75 Å². The second-order valence-corrected chi connectivity index (χ2v) is 9.01. The Hall–Kier alpha value is -1.17. The van der Waals surface area contributed by atoms with Gasteiger partial charge in [-0.05, 0) is 32.1 Å². The summed E-state index contributed by atoms with van der Waals surface area (Å²) in [6.45, 7) is 2.25. The highest BCUT2D eigenvalue weighted by atomic mass is 32.2. The van der Waals surface area contributed by atoms with Crippen LogP contribution in [-0.2, 0) is 20.4 Å². The molecule has 0 aromatic rings. The molecule has 1 amide bonds. The van der Waals surface area contributed by atoms with Crippen molar-refractivity contribution in [1.29, 1.82) is 0 Å². The zero-order valence-electron chi connectivity index (χ0n) is 17.9. The highest BCUT2D eigenvalue weighted by Crippen LogP contribution is 2.10. The molecule has 0 bridgehead atoms. The summed E-state index contributed by atoms with van der Waals surface area (Å²) < 4.78 is 11.1. The standard InChI is InChI=1S/C22H41NO4S/c1-3-4-5-6-7-8-9-10-11-12-13-14-15-16-17-18-21(24)23-20(22(25)26)19-28(2)27/h10-11,20H,3-9,12-19H2,1-2H3,(H,23,24)(H,25,26)/b11-10-/t20-,28?/m1/s1. The molecular formula is C22H41NO4S. The molecule has 6 heteroatoms. The van der Waals surface area contributed by atoms with Gasteiger partial charge in [-0.25, -0.2) is 4.79 Å². The summed E-state index contributed by atoms with van der Waals surface area (Å²) >= 11 is 0. The van der Waals surface area contributed by atoms with E-state index >= 15 is 0 Å². The molecule has 0 aliphatic rings. The van der Waals surface area contributed by atoms with E-state index in [1.807, 2.05) is 0 Å². The lowest BCUT2D eigenvalue weighted by molar-refractivity contribution is -0.141. The van der Waals surface area contributed by atoms with E-state index in [-0.39, 0.29) is 11.7 Å². The van der Waals surface area contributed by atoms with E-state index in [4.69, 9.17) is 5.11 Å². The van der Waals surface area contributed by atoms with Crippen LogP contribution in [0.3, 0.4) is 0 Å². The maximum Gasteiger partial charge on any atom is 0.327 e. The molecule has 0 spiro atoms. The minimum atomic E-state index is -1.25. The van der Waals surface area contributed by atoms with Crippen LogP contribution in [-0.4, -0.2) is 39.2 Å². The number of amides is 1. The van der Waals surface area contributed by atoms with E-state index in [0.29, 0.717) is 6.42 Å². The number of aliphatic carboxylic acids is 1. The normalized spacial score (nSPS) is 13.5. The Kier molecular flexibility index (Phi) is 18.4. The molecule has 0 aliphatic carbocycles. The number of unbranched alkanes of at least 4 members (excludes halogenated alkanes) is 11. The third-order valence-corrected chi connectivity index (χ3v) is 5.50. The van der Waals surface area contributed by atoms with Crippen LogP contribution in [0, 0.1) is 0 Å². The highest BCUT2D eigenvalue weighted by Gasteiger charge is 2.20. The number of carboxylic acids is 1. The molecule has 1 unspecified atom stereocenters. The number of carbonyl (C=O) groups excluding carboxylic acids is 1. The van der Waals surface area contributed by atoms with Gasteiger partial charge < -0.3 is 10.4 Å². The smallest absolute Gasteiger partial charge is 0.327 e. The van der Waals surface area contributed by atoms with Gasteiger partial charge in [0, 0.05) is 23.5 Å². The van der Waals surface area contributed by atoms with Gasteiger partial charge in [-0.1, -0.05) is 70.4 Å². The summed E-state index contributed by atoms with van der Waals surface area (Å²) in [4.78, 5) is 22.8. The van der Waals surface area contributed by atoms with Crippen LogP contribution in [0.25, 0.3) is 0 Å². The Balaban J connectivity index is 3.51. The minimum Gasteiger partial charge on any atom is -0.480 e. The van der Waals surface area contributed by atoms with Crippen molar-refractivity contribution in [1.82, 2.24) is 5.32 Å². The summed E-state index contributed by atoms with van der Waals surface area (Å²) in [6.07, 6.45) is 22.0. The average Bonchev–Trinajstić information content (AvgIpc) is 2.64. The third-order valence-electron chi connectivity index (χ3n) is 4.70. The Bertz CT molecular complexity index is 465. The first-order valence-electron chi connectivity index (χ1n) is 10.9. The van der Waals surface area contributed by atoms with Crippen molar-refractivity contribution < 1.29 is 18.9 Å². The molecule has 0 aromatic heterocycles. The van der Waals surface area contributed by atoms with Crippen LogP contribution in [0.5, 0.6) is 0 Å². The van der Waals surface area contributed by atoms with Gasteiger partial charge in [0.2, 0.25) is 5.91 Å². The quantitative estimate of drug-likeness (QED) is 0.230. The summed E-state index contributed by atoms with van der Waals surface area (Å²) in [5.74, 6) is -1.45. The first-order valence-corrected chi connectivity index (χ1v) is 12.7. The van der Waals surface area contributed by atoms with E-state index in [2.05, 4.69) is 24.4 Å². The molecule has 28 heavy (non-hydrogen) atoms. The van der Waals surface area contributed by atoms with Crippen LogP contribution in [0.1, 0.15) is 96.8 Å². The zero-order chi connectivity index (χ0) is 21.0. The van der Waals surface area contributed by atoms with Gasteiger partial charge in [-0.3, -0.25) is 9.00 Å². The van der Waals surface area contributed by atoms with E-state index in [1.54, 1.807) is 0 Å². The number of hydrogen-bond donors (Lipinski definition) is 2. The van der Waals surface area contributed by atoms with Crippen LogP contribution in [0.15, 0.2) is 12.2 Å². The van der Waals surface area contributed by atoms with Gasteiger partial charge in [-0.2, -0.15) is 0 Å². The maximum atomic E-state index is 11.8. The van der Waals surface area contributed by atoms with Crippen molar-refractivity contribution in [3.8, 4) is 0 Å². The van der Waals surface area contributed by atoms with Crippen molar-refractivity contribution >= 4 is 22.7 Å². The summed E-state index contributed by atoms with van der Waals surface area (Å²) in [5.41, 5.74) is 0. The fourth-order valence-corrected chi connectivity index (χ4v) is 3.73. The molecule has 0 fully saturated rings. The molecule has 164 valence electrons.